The van der Waals surface area contributed by atoms with E-state index in [2.05, 4.69) is 15.9 Å². The van der Waals surface area contributed by atoms with Crippen molar-refractivity contribution in [3.63, 3.8) is 0 Å². The zero-order valence-electron chi connectivity index (χ0n) is 10.1. The van der Waals surface area contributed by atoms with Crippen LogP contribution in [0.2, 0.25) is 0 Å². The molecule has 1 aromatic carbocycles. The molecule has 0 aliphatic carbocycles. The molecule has 1 amide bonds. The van der Waals surface area contributed by atoms with Crippen LogP contribution in [-0.4, -0.2) is 30.7 Å². The highest BCUT2D eigenvalue weighted by atomic mass is 79.9. The summed E-state index contributed by atoms with van der Waals surface area (Å²) in [5, 5.41) is 0. The second kappa shape index (κ2) is 6.91. The molecule has 0 atom stereocenters. The van der Waals surface area contributed by atoms with Crippen molar-refractivity contribution in [2.45, 2.75) is 17.7 Å². The van der Waals surface area contributed by atoms with Gasteiger partial charge in [-0.1, -0.05) is 0 Å². The molecule has 1 rings (SSSR count). The lowest BCUT2D eigenvalue weighted by Gasteiger charge is -2.09. The molecule has 2 N–H and O–H groups in total. The van der Waals surface area contributed by atoms with Crippen molar-refractivity contribution in [3.8, 4) is 0 Å². The number of amides is 1. The number of anilines is 1. The number of carbonyl (C=O) groups is 1. The van der Waals surface area contributed by atoms with Gasteiger partial charge in [0, 0.05) is 35.6 Å². The monoisotopic (exact) mass is 316 g/mol. The lowest BCUT2D eigenvalue weighted by Crippen LogP contribution is -2.21. The van der Waals surface area contributed by atoms with E-state index in [0.717, 1.165) is 27.2 Å². The van der Waals surface area contributed by atoms with E-state index in [1.54, 1.807) is 30.8 Å². The zero-order chi connectivity index (χ0) is 12.8. The lowest BCUT2D eigenvalue weighted by atomic mass is 10.3. The van der Waals surface area contributed by atoms with Crippen LogP contribution in [-0.2, 0) is 4.79 Å². The number of nitrogens with zero attached hydrogens (tertiary/aromatic N) is 1. The third kappa shape index (κ3) is 5.00. The van der Waals surface area contributed by atoms with E-state index >= 15 is 0 Å². The fourth-order valence-corrected chi connectivity index (χ4v) is 2.87. The minimum atomic E-state index is 0.182. The predicted molar refractivity (Wildman–Crippen MR) is 77.2 cm³/mol. The van der Waals surface area contributed by atoms with Crippen LogP contribution in [0.15, 0.2) is 27.6 Å². The Labute approximate surface area is 115 Å². The predicted octanol–water partition coefficient (Wildman–Crippen LogP) is 2.99. The van der Waals surface area contributed by atoms with Gasteiger partial charge in [-0.25, -0.2) is 0 Å². The average molecular weight is 317 g/mol. The number of benzene rings is 1. The summed E-state index contributed by atoms with van der Waals surface area (Å²) < 4.78 is 1.02. The van der Waals surface area contributed by atoms with Gasteiger partial charge >= 0.3 is 0 Å². The fourth-order valence-electron chi connectivity index (χ4n) is 1.26. The maximum Gasteiger partial charge on any atom is 0.222 e. The summed E-state index contributed by atoms with van der Waals surface area (Å²) in [5.74, 6) is 1.12. The van der Waals surface area contributed by atoms with E-state index in [4.69, 9.17) is 5.73 Å². The molecule has 0 unspecified atom stereocenters. The number of halogens is 1. The highest BCUT2D eigenvalue weighted by molar-refractivity contribution is 9.10. The van der Waals surface area contributed by atoms with E-state index < -0.39 is 0 Å². The molecular weight excluding hydrogens is 300 g/mol. The number of nitrogen functional groups attached to an aromatic ring is 1. The van der Waals surface area contributed by atoms with Crippen LogP contribution in [0.25, 0.3) is 0 Å². The minimum Gasteiger partial charge on any atom is -0.399 e. The van der Waals surface area contributed by atoms with E-state index in [1.807, 2.05) is 18.2 Å². The van der Waals surface area contributed by atoms with Crippen LogP contribution in [0.5, 0.6) is 0 Å². The van der Waals surface area contributed by atoms with Gasteiger partial charge in [-0.05, 0) is 46.3 Å². The molecule has 0 radical (unpaired) electrons. The average Bonchev–Trinajstić information content (AvgIpc) is 2.26. The molecular formula is C12H17BrN2OS. The largest absolute Gasteiger partial charge is 0.399 e. The molecule has 0 heterocycles. The Morgan fingerprint density at radius 3 is 2.76 bits per heavy atom. The maximum absolute atomic E-state index is 11.4. The van der Waals surface area contributed by atoms with E-state index in [0.29, 0.717) is 6.42 Å². The van der Waals surface area contributed by atoms with Gasteiger partial charge in [0.1, 0.15) is 0 Å². The molecule has 0 saturated carbocycles. The van der Waals surface area contributed by atoms with Gasteiger partial charge in [0.05, 0.1) is 0 Å². The number of hydrogen-bond acceptors (Lipinski definition) is 3. The third-order valence-electron chi connectivity index (χ3n) is 2.25. The highest BCUT2D eigenvalue weighted by Gasteiger charge is 2.05. The number of hydrogen-bond donors (Lipinski definition) is 1. The molecule has 0 aromatic heterocycles. The summed E-state index contributed by atoms with van der Waals surface area (Å²) in [6.07, 6.45) is 1.49. The Morgan fingerprint density at radius 1 is 1.47 bits per heavy atom. The summed E-state index contributed by atoms with van der Waals surface area (Å²) in [4.78, 5) is 14.1. The Balaban J connectivity index is 2.34. The topological polar surface area (TPSA) is 46.3 Å². The Hall–Kier alpha value is -0.680. The second-order valence-corrected chi connectivity index (χ2v) is 5.92. The quantitative estimate of drug-likeness (QED) is 0.516. The first-order valence-corrected chi connectivity index (χ1v) is 7.16. The standard InChI is InChI=1S/C12H17BrN2OS/c1-15(2)12(16)4-3-7-17-11-6-5-9(14)8-10(11)13/h5-6,8H,3-4,7,14H2,1-2H3. The molecule has 0 aliphatic heterocycles. The first-order valence-electron chi connectivity index (χ1n) is 5.38. The Morgan fingerprint density at radius 2 is 2.18 bits per heavy atom. The molecule has 0 aliphatic rings. The Kier molecular flexibility index (Phi) is 5.85. The second-order valence-electron chi connectivity index (χ2n) is 3.93. The summed E-state index contributed by atoms with van der Waals surface area (Å²) >= 11 is 5.21. The van der Waals surface area contributed by atoms with Gasteiger partial charge in [-0.3, -0.25) is 4.79 Å². The third-order valence-corrected chi connectivity index (χ3v) is 4.33. The van der Waals surface area contributed by atoms with Crippen molar-refractivity contribution in [2.24, 2.45) is 0 Å². The van der Waals surface area contributed by atoms with E-state index in [9.17, 15) is 4.79 Å². The van der Waals surface area contributed by atoms with Crippen molar-refractivity contribution in [1.29, 1.82) is 0 Å². The lowest BCUT2D eigenvalue weighted by molar-refractivity contribution is -0.128. The van der Waals surface area contributed by atoms with Gasteiger partial charge < -0.3 is 10.6 Å². The van der Waals surface area contributed by atoms with Crippen LogP contribution < -0.4 is 5.73 Å². The molecule has 0 saturated heterocycles. The number of thioether (sulfide) groups is 1. The van der Waals surface area contributed by atoms with Gasteiger partial charge in [0.25, 0.3) is 0 Å². The first kappa shape index (κ1) is 14.4. The number of carbonyl (C=O) groups excluding carboxylic acids is 1. The first-order chi connectivity index (χ1) is 8.00. The van der Waals surface area contributed by atoms with Crippen LogP contribution in [0.1, 0.15) is 12.8 Å². The van der Waals surface area contributed by atoms with Crippen molar-refractivity contribution in [1.82, 2.24) is 4.90 Å². The minimum absolute atomic E-state index is 0.182. The van der Waals surface area contributed by atoms with Crippen molar-refractivity contribution >= 4 is 39.3 Å². The van der Waals surface area contributed by atoms with Crippen molar-refractivity contribution < 1.29 is 4.79 Å². The maximum atomic E-state index is 11.4. The highest BCUT2D eigenvalue weighted by Crippen LogP contribution is 2.29. The molecule has 0 bridgehead atoms. The fraction of sp³-hybridized carbons (Fsp3) is 0.417. The van der Waals surface area contributed by atoms with Gasteiger partial charge in [-0.2, -0.15) is 0 Å². The van der Waals surface area contributed by atoms with Gasteiger partial charge in [0.2, 0.25) is 5.91 Å². The van der Waals surface area contributed by atoms with Crippen LogP contribution >= 0.6 is 27.7 Å². The summed E-state index contributed by atoms with van der Waals surface area (Å²) in [5.41, 5.74) is 6.42. The number of nitrogens with two attached hydrogens (primary N) is 1. The zero-order valence-corrected chi connectivity index (χ0v) is 12.5. The smallest absolute Gasteiger partial charge is 0.222 e. The molecule has 0 fully saturated rings. The Bertz CT molecular complexity index is 396. The van der Waals surface area contributed by atoms with Crippen molar-refractivity contribution in [3.05, 3.63) is 22.7 Å². The number of rotatable bonds is 5. The van der Waals surface area contributed by atoms with Gasteiger partial charge in [0.15, 0.2) is 0 Å². The van der Waals surface area contributed by atoms with Crippen LogP contribution in [0.3, 0.4) is 0 Å². The summed E-state index contributed by atoms with van der Waals surface area (Å²) in [6, 6.07) is 5.78. The SMILES string of the molecule is CN(C)C(=O)CCCSc1ccc(N)cc1Br. The molecule has 0 spiro atoms. The normalized spacial score (nSPS) is 10.3. The molecule has 5 heteroatoms. The van der Waals surface area contributed by atoms with Crippen molar-refractivity contribution in [2.75, 3.05) is 25.6 Å². The molecule has 1 aromatic rings. The molecule has 17 heavy (non-hydrogen) atoms. The molecule has 3 nitrogen and oxygen atoms in total. The van der Waals surface area contributed by atoms with Crippen LogP contribution in [0, 0.1) is 0 Å². The molecule has 94 valence electrons. The van der Waals surface area contributed by atoms with Gasteiger partial charge in [-0.15, -0.1) is 11.8 Å². The summed E-state index contributed by atoms with van der Waals surface area (Å²) in [6.45, 7) is 0. The van der Waals surface area contributed by atoms with E-state index in [1.165, 1.54) is 0 Å². The van der Waals surface area contributed by atoms with Crippen LogP contribution in [0.4, 0.5) is 5.69 Å². The van der Waals surface area contributed by atoms with E-state index in [-0.39, 0.29) is 5.91 Å². The summed E-state index contributed by atoms with van der Waals surface area (Å²) in [7, 11) is 3.57.